The van der Waals surface area contributed by atoms with E-state index in [2.05, 4.69) is 0 Å². The largest absolute Gasteiger partial charge is 0.502 e. The van der Waals surface area contributed by atoms with E-state index in [1.807, 2.05) is 0 Å². The van der Waals surface area contributed by atoms with Gasteiger partial charge in [0.1, 0.15) is 0 Å². The summed E-state index contributed by atoms with van der Waals surface area (Å²) in [7, 11) is 8.39. The minimum absolute atomic E-state index is 0.0857. The van der Waals surface area contributed by atoms with Gasteiger partial charge in [-0.3, -0.25) is 4.79 Å². The van der Waals surface area contributed by atoms with Gasteiger partial charge < -0.3 is 38.6 Å². The number of hydrogen-bond acceptors (Lipinski definition) is 9. The third-order valence-corrected chi connectivity index (χ3v) is 4.52. The third-order valence-electron chi connectivity index (χ3n) is 4.52. The Morgan fingerprint density at radius 2 is 0.969 bits per heavy atom. The van der Waals surface area contributed by atoms with Crippen molar-refractivity contribution in [3.63, 3.8) is 0 Å². The first-order valence-corrected chi connectivity index (χ1v) is 9.30. The summed E-state index contributed by atoms with van der Waals surface area (Å²) in [4.78, 5) is 12.5. The topological polar surface area (TPSA) is 113 Å². The van der Waals surface area contributed by atoms with E-state index in [1.165, 1.54) is 79.1 Å². The number of carbonyl (C=O) groups excluding carboxylic acids is 1. The number of ether oxygens (including phenoxy) is 6. The highest BCUT2D eigenvalue weighted by molar-refractivity contribution is 6.05. The second kappa shape index (κ2) is 10.9. The van der Waals surface area contributed by atoms with E-state index in [-0.39, 0.29) is 51.8 Å². The van der Waals surface area contributed by atoms with Gasteiger partial charge in [-0.1, -0.05) is 0 Å². The standard InChI is InChI=1S/C23H26O9/c1-27-16-11-13(20(29-3)22(31-5)18(16)25)7-9-15(24)10-8-14-12-17(28-2)19(26)23(32-6)21(14)30-4/h7-12,25-26H,1-6H3/b9-7+,10-8+. The molecule has 0 atom stereocenters. The molecule has 9 nitrogen and oxygen atoms in total. The Morgan fingerprint density at radius 3 is 1.25 bits per heavy atom. The van der Waals surface area contributed by atoms with Crippen molar-refractivity contribution in [1.29, 1.82) is 0 Å². The van der Waals surface area contributed by atoms with Gasteiger partial charge in [0.2, 0.25) is 23.0 Å². The van der Waals surface area contributed by atoms with Crippen LogP contribution in [0.5, 0.6) is 46.0 Å². The summed E-state index contributed by atoms with van der Waals surface area (Å²) < 4.78 is 31.3. The predicted octanol–water partition coefficient (Wildman–Crippen LogP) is 3.45. The fraction of sp³-hybridized carbons (Fsp3) is 0.261. The second-order valence-electron chi connectivity index (χ2n) is 6.24. The van der Waals surface area contributed by atoms with Crippen molar-refractivity contribution in [2.24, 2.45) is 0 Å². The van der Waals surface area contributed by atoms with Gasteiger partial charge in [0.15, 0.2) is 28.8 Å². The highest BCUT2D eigenvalue weighted by Crippen LogP contribution is 2.47. The van der Waals surface area contributed by atoms with Crippen LogP contribution in [0.2, 0.25) is 0 Å². The number of phenols is 2. The molecule has 0 amide bonds. The lowest BCUT2D eigenvalue weighted by atomic mass is 10.1. The molecule has 2 aromatic rings. The van der Waals surface area contributed by atoms with Crippen molar-refractivity contribution in [1.82, 2.24) is 0 Å². The molecule has 0 aliphatic heterocycles. The van der Waals surface area contributed by atoms with Gasteiger partial charge in [-0.15, -0.1) is 0 Å². The Kier molecular flexibility index (Phi) is 8.23. The number of allylic oxidation sites excluding steroid dienone is 2. The molecular weight excluding hydrogens is 420 g/mol. The van der Waals surface area contributed by atoms with Crippen LogP contribution >= 0.6 is 0 Å². The maximum absolute atomic E-state index is 12.5. The Labute approximate surface area is 186 Å². The number of phenolic OH excluding ortho intramolecular Hbond substituents is 2. The summed E-state index contributed by atoms with van der Waals surface area (Å²) in [6.07, 6.45) is 5.63. The number of methoxy groups -OCH3 is 6. The van der Waals surface area contributed by atoms with E-state index in [9.17, 15) is 15.0 Å². The summed E-state index contributed by atoms with van der Waals surface area (Å²) in [5.41, 5.74) is 0.928. The molecule has 0 aliphatic carbocycles. The van der Waals surface area contributed by atoms with Crippen LogP contribution < -0.4 is 28.4 Å². The fourth-order valence-corrected chi connectivity index (χ4v) is 3.01. The molecule has 0 aliphatic rings. The monoisotopic (exact) mass is 446 g/mol. The zero-order chi connectivity index (χ0) is 23.8. The van der Waals surface area contributed by atoms with Crippen LogP contribution in [0.4, 0.5) is 0 Å². The number of aromatic hydroxyl groups is 2. The van der Waals surface area contributed by atoms with Crippen LogP contribution in [0.3, 0.4) is 0 Å². The molecule has 0 bridgehead atoms. The highest BCUT2D eigenvalue weighted by atomic mass is 16.5. The van der Waals surface area contributed by atoms with E-state index in [4.69, 9.17) is 28.4 Å². The maximum atomic E-state index is 12.5. The zero-order valence-corrected chi connectivity index (χ0v) is 18.7. The molecule has 0 saturated carbocycles. The number of rotatable bonds is 10. The number of hydrogen-bond donors (Lipinski definition) is 2. The van der Waals surface area contributed by atoms with E-state index in [0.29, 0.717) is 11.1 Å². The Hall–Kier alpha value is -4.01. The number of ketones is 1. The van der Waals surface area contributed by atoms with Gasteiger partial charge in [-0.25, -0.2) is 0 Å². The SMILES string of the molecule is COc1cc(/C=C/C(=O)/C=C/c2cc(OC)c(O)c(OC)c2OC)c(OC)c(OC)c1O. The normalized spacial score (nSPS) is 10.9. The minimum atomic E-state index is -0.355. The lowest BCUT2D eigenvalue weighted by Crippen LogP contribution is -1.97. The summed E-state index contributed by atoms with van der Waals surface area (Å²) >= 11 is 0. The molecule has 172 valence electrons. The van der Waals surface area contributed by atoms with E-state index < -0.39 is 0 Å². The second-order valence-corrected chi connectivity index (χ2v) is 6.24. The van der Waals surface area contributed by atoms with Crippen molar-refractivity contribution in [2.45, 2.75) is 0 Å². The molecule has 2 aromatic carbocycles. The summed E-state index contributed by atoms with van der Waals surface area (Å²) in [6, 6.07) is 3.03. The molecule has 0 heterocycles. The first-order valence-electron chi connectivity index (χ1n) is 9.30. The molecule has 0 fully saturated rings. The highest BCUT2D eigenvalue weighted by Gasteiger charge is 2.20. The van der Waals surface area contributed by atoms with Crippen LogP contribution in [0.1, 0.15) is 11.1 Å². The first-order chi connectivity index (χ1) is 15.4. The number of carbonyl (C=O) groups is 1. The van der Waals surface area contributed by atoms with Gasteiger partial charge in [0.25, 0.3) is 0 Å². The van der Waals surface area contributed by atoms with Gasteiger partial charge in [-0.05, 0) is 36.4 Å². The average molecular weight is 446 g/mol. The average Bonchev–Trinajstić information content (AvgIpc) is 2.81. The van der Waals surface area contributed by atoms with Crippen molar-refractivity contribution in [2.75, 3.05) is 42.7 Å². The summed E-state index contributed by atoms with van der Waals surface area (Å²) in [5.74, 6) is 0.213. The molecule has 32 heavy (non-hydrogen) atoms. The molecule has 0 radical (unpaired) electrons. The first kappa shape index (κ1) is 24.3. The fourth-order valence-electron chi connectivity index (χ4n) is 3.01. The van der Waals surface area contributed by atoms with Crippen LogP contribution in [0.25, 0.3) is 12.2 Å². The van der Waals surface area contributed by atoms with Gasteiger partial charge in [0.05, 0.1) is 42.7 Å². The smallest absolute Gasteiger partial charge is 0.207 e. The number of benzene rings is 2. The van der Waals surface area contributed by atoms with E-state index in [0.717, 1.165) is 0 Å². The van der Waals surface area contributed by atoms with Crippen molar-refractivity contribution in [3.05, 3.63) is 35.4 Å². The lowest BCUT2D eigenvalue weighted by Gasteiger charge is -2.15. The third kappa shape index (κ3) is 4.83. The van der Waals surface area contributed by atoms with Crippen molar-refractivity contribution < 1.29 is 43.4 Å². The van der Waals surface area contributed by atoms with Crippen LogP contribution in [0, 0.1) is 0 Å². The molecule has 0 unspecified atom stereocenters. The zero-order valence-electron chi connectivity index (χ0n) is 18.7. The quantitative estimate of drug-likeness (QED) is 0.530. The van der Waals surface area contributed by atoms with E-state index in [1.54, 1.807) is 0 Å². The van der Waals surface area contributed by atoms with Crippen molar-refractivity contribution in [3.8, 4) is 46.0 Å². The van der Waals surface area contributed by atoms with Gasteiger partial charge in [0, 0.05) is 11.1 Å². The lowest BCUT2D eigenvalue weighted by molar-refractivity contribution is -0.110. The molecule has 0 saturated heterocycles. The van der Waals surface area contributed by atoms with Crippen LogP contribution in [-0.2, 0) is 4.79 Å². The van der Waals surface area contributed by atoms with Crippen LogP contribution in [-0.4, -0.2) is 58.7 Å². The van der Waals surface area contributed by atoms with Crippen molar-refractivity contribution >= 4 is 17.9 Å². The maximum Gasteiger partial charge on any atom is 0.207 e. The van der Waals surface area contributed by atoms with Gasteiger partial charge in [-0.2, -0.15) is 0 Å². The molecule has 2 N–H and O–H groups in total. The summed E-state index contributed by atoms with van der Waals surface area (Å²) in [5, 5.41) is 20.4. The van der Waals surface area contributed by atoms with Crippen LogP contribution in [0.15, 0.2) is 24.3 Å². The minimum Gasteiger partial charge on any atom is -0.502 e. The molecule has 2 rings (SSSR count). The molecule has 0 spiro atoms. The molecule has 9 heteroatoms. The molecular formula is C23H26O9. The predicted molar refractivity (Wildman–Crippen MR) is 119 cm³/mol. The Bertz CT molecular complexity index is 957. The summed E-state index contributed by atoms with van der Waals surface area (Å²) in [6.45, 7) is 0. The Balaban J connectivity index is 2.40. The Morgan fingerprint density at radius 1 is 0.625 bits per heavy atom. The van der Waals surface area contributed by atoms with E-state index >= 15 is 0 Å². The van der Waals surface area contributed by atoms with Gasteiger partial charge >= 0.3 is 0 Å². The molecule has 0 aromatic heterocycles.